The van der Waals surface area contributed by atoms with E-state index in [1.165, 1.54) is 12.1 Å². The molecule has 0 aliphatic heterocycles. The highest BCUT2D eigenvalue weighted by molar-refractivity contribution is 5.99. The number of aryl methyl sites for hydroxylation is 1. The number of anilines is 1. The van der Waals surface area contributed by atoms with Crippen molar-refractivity contribution in [3.8, 4) is 0 Å². The molecule has 20 heavy (non-hydrogen) atoms. The van der Waals surface area contributed by atoms with Crippen LogP contribution in [0.5, 0.6) is 0 Å². The van der Waals surface area contributed by atoms with Crippen LogP contribution < -0.4 is 10.6 Å². The van der Waals surface area contributed by atoms with Crippen LogP contribution in [0.4, 0.5) is 10.1 Å². The van der Waals surface area contributed by atoms with Gasteiger partial charge in [-0.05, 0) is 26.0 Å². The molecule has 0 fully saturated rings. The van der Waals surface area contributed by atoms with Crippen LogP contribution >= 0.6 is 0 Å². The van der Waals surface area contributed by atoms with Crippen molar-refractivity contribution in [1.82, 2.24) is 15.5 Å². The summed E-state index contributed by atoms with van der Waals surface area (Å²) in [4.78, 5) is 16.0. The number of para-hydroxylation sites is 1. The van der Waals surface area contributed by atoms with Crippen molar-refractivity contribution in [3.63, 3.8) is 0 Å². The molecule has 0 aliphatic carbocycles. The lowest BCUT2D eigenvalue weighted by Crippen LogP contribution is -2.24. The molecule has 0 saturated carbocycles. The molecule has 2 N–H and O–H groups in total. The summed E-state index contributed by atoms with van der Waals surface area (Å²) < 4.78 is 18.6. The monoisotopic (exact) mass is 278 g/mol. The van der Waals surface area contributed by atoms with Crippen molar-refractivity contribution in [2.45, 2.75) is 20.4 Å². The molecule has 0 atom stereocenters. The van der Waals surface area contributed by atoms with Crippen LogP contribution in [0.2, 0.25) is 0 Å². The van der Waals surface area contributed by atoms with Crippen molar-refractivity contribution in [1.29, 1.82) is 0 Å². The van der Waals surface area contributed by atoms with E-state index < -0.39 is 11.7 Å². The van der Waals surface area contributed by atoms with Crippen LogP contribution in [-0.4, -0.2) is 22.6 Å². The van der Waals surface area contributed by atoms with Crippen molar-refractivity contribution >= 4 is 11.6 Å². The lowest BCUT2D eigenvalue weighted by Gasteiger charge is -2.11. The van der Waals surface area contributed by atoms with Gasteiger partial charge in [-0.1, -0.05) is 11.2 Å². The second kappa shape index (κ2) is 6.14. The Labute approximate surface area is 115 Å². The lowest BCUT2D eigenvalue weighted by atomic mass is 10.1. The minimum Gasteiger partial charge on any atom is -0.382 e. The predicted octanol–water partition coefficient (Wildman–Crippen LogP) is 1.88. The van der Waals surface area contributed by atoms with Gasteiger partial charge in [0, 0.05) is 6.54 Å². The van der Waals surface area contributed by atoms with Gasteiger partial charge in [0.15, 0.2) is 5.82 Å². The van der Waals surface area contributed by atoms with Crippen LogP contribution in [0.25, 0.3) is 0 Å². The number of aromatic nitrogens is 2. The number of hydrogen-bond acceptors (Lipinski definition) is 5. The van der Waals surface area contributed by atoms with Gasteiger partial charge in [0.2, 0.25) is 5.89 Å². The van der Waals surface area contributed by atoms with E-state index in [1.54, 1.807) is 13.0 Å². The molecule has 7 heteroatoms. The molecule has 0 radical (unpaired) electrons. The summed E-state index contributed by atoms with van der Waals surface area (Å²) in [6.45, 7) is 4.13. The van der Waals surface area contributed by atoms with Gasteiger partial charge in [0.05, 0.1) is 17.8 Å². The Bertz CT molecular complexity index is 612. The standard InChI is InChI=1S/C13H15FN4O2/c1-3-15-12-9(5-4-6-10(12)14)13(19)16-7-11-17-8(2)18-20-11/h4-6,15H,3,7H2,1-2H3,(H,16,19). The van der Waals surface area contributed by atoms with E-state index in [-0.39, 0.29) is 17.8 Å². The Morgan fingerprint density at radius 3 is 2.90 bits per heavy atom. The molecule has 0 spiro atoms. The van der Waals surface area contributed by atoms with Gasteiger partial charge in [-0.3, -0.25) is 4.79 Å². The van der Waals surface area contributed by atoms with E-state index in [9.17, 15) is 9.18 Å². The van der Waals surface area contributed by atoms with Gasteiger partial charge in [0.1, 0.15) is 5.82 Å². The Balaban J connectivity index is 2.10. The average Bonchev–Trinajstić information content (AvgIpc) is 2.84. The van der Waals surface area contributed by atoms with Crippen molar-refractivity contribution in [2.24, 2.45) is 0 Å². The molecule has 1 aromatic carbocycles. The number of nitrogens with one attached hydrogen (secondary N) is 2. The number of hydrogen-bond donors (Lipinski definition) is 2. The zero-order valence-electron chi connectivity index (χ0n) is 11.2. The Morgan fingerprint density at radius 2 is 2.25 bits per heavy atom. The molecule has 0 bridgehead atoms. The number of carbonyl (C=O) groups is 1. The Morgan fingerprint density at radius 1 is 1.45 bits per heavy atom. The summed E-state index contributed by atoms with van der Waals surface area (Å²) in [7, 11) is 0. The number of nitrogens with zero attached hydrogens (tertiary/aromatic N) is 2. The first-order valence-electron chi connectivity index (χ1n) is 6.21. The third-order valence-corrected chi connectivity index (χ3v) is 2.58. The van der Waals surface area contributed by atoms with Crippen LogP contribution in [0, 0.1) is 12.7 Å². The number of carbonyl (C=O) groups excluding carboxylic acids is 1. The lowest BCUT2D eigenvalue weighted by molar-refractivity contribution is 0.0946. The van der Waals surface area contributed by atoms with Gasteiger partial charge < -0.3 is 15.2 Å². The highest BCUT2D eigenvalue weighted by Gasteiger charge is 2.15. The Kier molecular flexibility index (Phi) is 4.29. The molecule has 0 aliphatic rings. The predicted molar refractivity (Wildman–Crippen MR) is 70.8 cm³/mol. The first-order chi connectivity index (χ1) is 9.61. The van der Waals surface area contributed by atoms with E-state index >= 15 is 0 Å². The number of benzene rings is 1. The summed E-state index contributed by atoms with van der Waals surface area (Å²) in [6, 6.07) is 4.34. The zero-order valence-corrected chi connectivity index (χ0v) is 11.2. The smallest absolute Gasteiger partial charge is 0.253 e. The maximum atomic E-state index is 13.7. The summed E-state index contributed by atoms with van der Waals surface area (Å²) in [5.74, 6) is -0.0740. The third kappa shape index (κ3) is 3.11. The summed E-state index contributed by atoms with van der Waals surface area (Å²) in [5, 5.41) is 9.07. The van der Waals surface area contributed by atoms with Crippen molar-refractivity contribution in [3.05, 3.63) is 41.3 Å². The van der Waals surface area contributed by atoms with Crippen LogP contribution in [0.15, 0.2) is 22.7 Å². The van der Waals surface area contributed by atoms with E-state index in [1.807, 2.05) is 6.92 Å². The topological polar surface area (TPSA) is 80.0 Å². The molecule has 2 rings (SSSR count). The molecule has 1 amide bonds. The molecule has 106 valence electrons. The quantitative estimate of drug-likeness (QED) is 0.873. The molecule has 1 aromatic heterocycles. The first-order valence-corrected chi connectivity index (χ1v) is 6.21. The Hall–Kier alpha value is -2.44. The molecule has 6 nitrogen and oxygen atoms in total. The van der Waals surface area contributed by atoms with E-state index in [2.05, 4.69) is 20.8 Å². The van der Waals surface area contributed by atoms with Crippen LogP contribution in [0.1, 0.15) is 29.0 Å². The largest absolute Gasteiger partial charge is 0.382 e. The minimum atomic E-state index is -0.465. The SMILES string of the molecule is CCNc1c(F)cccc1C(=O)NCc1nc(C)no1. The fourth-order valence-corrected chi connectivity index (χ4v) is 1.73. The van der Waals surface area contributed by atoms with Crippen molar-refractivity contribution < 1.29 is 13.7 Å². The maximum absolute atomic E-state index is 13.7. The summed E-state index contributed by atoms with van der Waals surface area (Å²) in [6.07, 6.45) is 0. The highest BCUT2D eigenvalue weighted by Crippen LogP contribution is 2.19. The van der Waals surface area contributed by atoms with Crippen LogP contribution in [-0.2, 0) is 6.54 Å². The van der Waals surface area contributed by atoms with Gasteiger partial charge in [-0.15, -0.1) is 0 Å². The molecule has 2 aromatic rings. The fraction of sp³-hybridized carbons (Fsp3) is 0.308. The summed E-state index contributed by atoms with van der Waals surface area (Å²) >= 11 is 0. The number of halogens is 1. The van der Waals surface area contributed by atoms with Crippen LogP contribution in [0.3, 0.4) is 0 Å². The maximum Gasteiger partial charge on any atom is 0.253 e. The molecule has 0 saturated heterocycles. The van der Waals surface area contributed by atoms with E-state index in [0.717, 1.165) is 0 Å². The highest BCUT2D eigenvalue weighted by atomic mass is 19.1. The van der Waals surface area contributed by atoms with E-state index in [0.29, 0.717) is 18.3 Å². The number of rotatable bonds is 5. The third-order valence-electron chi connectivity index (χ3n) is 2.58. The second-order valence-electron chi connectivity index (χ2n) is 4.11. The van der Waals surface area contributed by atoms with E-state index in [4.69, 9.17) is 4.52 Å². The second-order valence-corrected chi connectivity index (χ2v) is 4.11. The molecular formula is C13H15FN4O2. The number of amides is 1. The summed E-state index contributed by atoms with van der Waals surface area (Å²) in [5.41, 5.74) is 0.428. The normalized spacial score (nSPS) is 10.3. The molecule has 0 unspecified atom stereocenters. The van der Waals surface area contributed by atoms with Crippen molar-refractivity contribution in [2.75, 3.05) is 11.9 Å². The van der Waals surface area contributed by atoms with Gasteiger partial charge in [-0.25, -0.2) is 4.39 Å². The molecule has 1 heterocycles. The van der Waals surface area contributed by atoms with Gasteiger partial charge in [0.25, 0.3) is 5.91 Å². The first kappa shape index (κ1) is 14.0. The average molecular weight is 278 g/mol. The fourth-order valence-electron chi connectivity index (χ4n) is 1.73. The molecular weight excluding hydrogens is 263 g/mol. The minimum absolute atomic E-state index is 0.0990. The van der Waals surface area contributed by atoms with Gasteiger partial charge in [-0.2, -0.15) is 4.98 Å². The zero-order chi connectivity index (χ0) is 14.5. The van der Waals surface area contributed by atoms with Gasteiger partial charge >= 0.3 is 0 Å².